The van der Waals surface area contributed by atoms with Crippen LogP contribution in [-0.2, 0) is 4.74 Å². The number of hydrogen-bond donors (Lipinski definition) is 1. The molecule has 0 aromatic rings. The second-order valence-corrected chi connectivity index (χ2v) is 4.99. The standard InChI is InChI=1S/C8H13F3N2OS2/c9-8(10,11)16-4-2-13-1-3-14-6(5-13)7(12)15/h6H,1-5H2,(H2,12,15). The number of halogens is 3. The van der Waals surface area contributed by atoms with Crippen LogP contribution in [0.1, 0.15) is 0 Å². The number of ether oxygens (including phenoxy) is 1. The highest BCUT2D eigenvalue weighted by atomic mass is 32.2. The first-order valence-electron chi connectivity index (χ1n) is 4.72. The van der Waals surface area contributed by atoms with Gasteiger partial charge in [-0.1, -0.05) is 12.2 Å². The molecule has 1 atom stereocenters. The van der Waals surface area contributed by atoms with Crippen LogP contribution in [0.3, 0.4) is 0 Å². The zero-order chi connectivity index (χ0) is 12.2. The van der Waals surface area contributed by atoms with Gasteiger partial charge in [-0.25, -0.2) is 0 Å². The highest BCUT2D eigenvalue weighted by Crippen LogP contribution is 2.29. The van der Waals surface area contributed by atoms with Gasteiger partial charge in [0.25, 0.3) is 0 Å². The summed E-state index contributed by atoms with van der Waals surface area (Å²) in [6.07, 6.45) is -0.334. The molecule has 0 aromatic heterocycles. The Hall–Kier alpha value is -0.0500. The number of thiocarbonyl (C=S) groups is 1. The molecular weight excluding hydrogens is 261 g/mol. The highest BCUT2D eigenvalue weighted by molar-refractivity contribution is 8.00. The molecule has 1 rings (SSSR count). The minimum Gasteiger partial charge on any atom is -0.391 e. The van der Waals surface area contributed by atoms with E-state index in [0.717, 1.165) is 0 Å². The first kappa shape index (κ1) is 14.0. The van der Waals surface area contributed by atoms with Crippen molar-refractivity contribution < 1.29 is 17.9 Å². The molecule has 0 radical (unpaired) electrons. The molecule has 2 N–H and O–H groups in total. The third-order valence-corrected chi connectivity index (χ3v) is 3.12. The topological polar surface area (TPSA) is 38.5 Å². The molecule has 0 aromatic carbocycles. The van der Waals surface area contributed by atoms with Crippen LogP contribution in [0.15, 0.2) is 0 Å². The summed E-state index contributed by atoms with van der Waals surface area (Å²) in [6.45, 7) is 1.93. The molecule has 0 amide bonds. The lowest BCUT2D eigenvalue weighted by Crippen LogP contribution is -2.48. The minimum absolute atomic E-state index is 0.00973. The molecule has 0 spiro atoms. The predicted octanol–water partition coefficient (Wildman–Crippen LogP) is 1.23. The van der Waals surface area contributed by atoms with Crippen molar-refractivity contribution in [1.29, 1.82) is 0 Å². The number of nitrogens with zero attached hydrogens (tertiary/aromatic N) is 1. The van der Waals surface area contributed by atoms with E-state index < -0.39 is 5.51 Å². The van der Waals surface area contributed by atoms with Gasteiger partial charge in [0, 0.05) is 25.4 Å². The predicted molar refractivity (Wildman–Crippen MR) is 61.5 cm³/mol. The molecule has 0 aliphatic carbocycles. The van der Waals surface area contributed by atoms with E-state index in [1.807, 2.05) is 4.90 Å². The van der Waals surface area contributed by atoms with Crippen molar-refractivity contribution in [3.63, 3.8) is 0 Å². The van der Waals surface area contributed by atoms with Gasteiger partial charge in [-0.3, -0.25) is 4.90 Å². The Labute approximate surface area is 101 Å². The number of morpholine rings is 1. The van der Waals surface area contributed by atoms with Gasteiger partial charge in [-0.15, -0.1) is 0 Å². The van der Waals surface area contributed by atoms with Gasteiger partial charge in [-0.2, -0.15) is 13.2 Å². The maximum Gasteiger partial charge on any atom is 0.441 e. The van der Waals surface area contributed by atoms with E-state index >= 15 is 0 Å². The van der Waals surface area contributed by atoms with Crippen molar-refractivity contribution in [3.8, 4) is 0 Å². The van der Waals surface area contributed by atoms with E-state index in [2.05, 4.69) is 0 Å². The van der Waals surface area contributed by atoms with E-state index in [1.54, 1.807) is 0 Å². The first-order chi connectivity index (χ1) is 7.38. The molecule has 1 unspecified atom stereocenters. The number of thioether (sulfide) groups is 1. The molecule has 1 fully saturated rings. The molecule has 1 aliphatic heterocycles. The Balaban J connectivity index is 2.24. The van der Waals surface area contributed by atoms with Gasteiger partial charge in [0.15, 0.2) is 0 Å². The van der Waals surface area contributed by atoms with Crippen LogP contribution < -0.4 is 5.73 Å². The second-order valence-electron chi connectivity index (χ2n) is 3.36. The Morgan fingerprint density at radius 2 is 2.25 bits per heavy atom. The van der Waals surface area contributed by atoms with Crippen LogP contribution in [0, 0.1) is 0 Å². The quantitative estimate of drug-likeness (QED) is 0.781. The molecule has 94 valence electrons. The maximum atomic E-state index is 11.9. The molecule has 16 heavy (non-hydrogen) atoms. The fourth-order valence-electron chi connectivity index (χ4n) is 1.37. The monoisotopic (exact) mass is 274 g/mol. The Morgan fingerprint density at radius 1 is 1.56 bits per heavy atom. The van der Waals surface area contributed by atoms with Crippen molar-refractivity contribution in [1.82, 2.24) is 4.90 Å². The van der Waals surface area contributed by atoms with Crippen molar-refractivity contribution in [2.75, 3.05) is 32.0 Å². The lowest BCUT2D eigenvalue weighted by atomic mass is 10.3. The summed E-state index contributed by atoms with van der Waals surface area (Å²) in [7, 11) is 0. The van der Waals surface area contributed by atoms with Crippen LogP contribution in [0.4, 0.5) is 13.2 Å². The summed E-state index contributed by atoms with van der Waals surface area (Å²) in [4.78, 5) is 2.14. The van der Waals surface area contributed by atoms with Crippen LogP contribution in [0.2, 0.25) is 0 Å². The van der Waals surface area contributed by atoms with Crippen LogP contribution in [0.5, 0.6) is 0 Å². The molecule has 1 aliphatic rings. The lowest BCUT2D eigenvalue weighted by Gasteiger charge is -2.32. The normalized spacial score (nSPS) is 23.3. The van der Waals surface area contributed by atoms with Crippen molar-refractivity contribution in [3.05, 3.63) is 0 Å². The number of alkyl halides is 3. The Morgan fingerprint density at radius 3 is 2.81 bits per heavy atom. The maximum absolute atomic E-state index is 11.9. The van der Waals surface area contributed by atoms with Crippen molar-refractivity contribution in [2.45, 2.75) is 11.6 Å². The summed E-state index contributed by atoms with van der Waals surface area (Å²) < 4.78 is 41.0. The largest absolute Gasteiger partial charge is 0.441 e. The van der Waals surface area contributed by atoms with E-state index in [1.165, 1.54) is 0 Å². The molecule has 1 heterocycles. The first-order valence-corrected chi connectivity index (χ1v) is 6.12. The zero-order valence-corrected chi connectivity index (χ0v) is 10.1. The Bertz CT molecular complexity index is 250. The SMILES string of the molecule is NC(=S)C1CN(CCSC(F)(F)F)CCO1. The van der Waals surface area contributed by atoms with E-state index in [-0.39, 0.29) is 28.6 Å². The minimum atomic E-state index is -4.16. The van der Waals surface area contributed by atoms with E-state index in [4.69, 9.17) is 22.7 Å². The number of rotatable bonds is 4. The lowest BCUT2D eigenvalue weighted by molar-refractivity contribution is -0.0331. The van der Waals surface area contributed by atoms with Gasteiger partial charge < -0.3 is 10.5 Å². The smallest absolute Gasteiger partial charge is 0.391 e. The molecule has 8 heteroatoms. The fraction of sp³-hybridized carbons (Fsp3) is 0.875. The van der Waals surface area contributed by atoms with Gasteiger partial charge in [0.2, 0.25) is 0 Å². The highest BCUT2D eigenvalue weighted by Gasteiger charge is 2.29. The zero-order valence-electron chi connectivity index (χ0n) is 8.50. The molecule has 0 bridgehead atoms. The number of hydrogen-bond acceptors (Lipinski definition) is 4. The van der Waals surface area contributed by atoms with Gasteiger partial charge in [0.05, 0.1) is 6.61 Å². The summed E-state index contributed by atoms with van der Waals surface area (Å²) in [5, 5.41) is 0. The van der Waals surface area contributed by atoms with E-state index in [9.17, 15) is 13.2 Å². The molecule has 1 saturated heterocycles. The van der Waals surface area contributed by atoms with Crippen LogP contribution in [-0.4, -0.2) is 53.5 Å². The summed E-state index contributed by atoms with van der Waals surface area (Å²) in [5.41, 5.74) is 1.26. The Kier molecular flexibility index (Phi) is 5.29. The third-order valence-electron chi connectivity index (χ3n) is 2.14. The molecule has 0 saturated carbocycles. The average molecular weight is 274 g/mol. The van der Waals surface area contributed by atoms with Crippen molar-refractivity contribution in [2.24, 2.45) is 5.73 Å². The summed E-state index contributed by atoms with van der Waals surface area (Å²) in [6, 6.07) is 0. The number of nitrogens with two attached hydrogens (primary N) is 1. The van der Waals surface area contributed by atoms with Gasteiger partial charge in [-0.05, 0) is 11.8 Å². The molecular formula is C8H13F3N2OS2. The summed E-state index contributed by atoms with van der Waals surface area (Å²) in [5.74, 6) is 0.0214. The second kappa shape index (κ2) is 6.04. The summed E-state index contributed by atoms with van der Waals surface area (Å²) >= 11 is 4.77. The van der Waals surface area contributed by atoms with Crippen molar-refractivity contribution >= 4 is 29.0 Å². The molecule has 3 nitrogen and oxygen atoms in total. The fourth-order valence-corrected chi connectivity index (χ4v) is 2.09. The van der Waals surface area contributed by atoms with Gasteiger partial charge in [0.1, 0.15) is 11.1 Å². The van der Waals surface area contributed by atoms with E-state index in [0.29, 0.717) is 26.2 Å². The van der Waals surface area contributed by atoms with Crippen LogP contribution >= 0.6 is 24.0 Å². The van der Waals surface area contributed by atoms with Crippen LogP contribution in [0.25, 0.3) is 0 Å². The average Bonchev–Trinajstić information content (AvgIpc) is 2.16. The van der Waals surface area contributed by atoms with Gasteiger partial charge >= 0.3 is 5.51 Å². The third kappa shape index (κ3) is 5.33.